The summed E-state index contributed by atoms with van der Waals surface area (Å²) in [5.74, 6) is 0.488. The van der Waals surface area contributed by atoms with Crippen molar-refractivity contribution in [1.29, 1.82) is 0 Å². The summed E-state index contributed by atoms with van der Waals surface area (Å²) in [5.41, 5.74) is 0.401. The fraction of sp³-hybridized carbons (Fsp3) is 0.471. The normalized spacial score (nSPS) is 13.3. The Labute approximate surface area is 153 Å². The van der Waals surface area contributed by atoms with Crippen molar-refractivity contribution in [1.82, 2.24) is 4.57 Å². The van der Waals surface area contributed by atoms with Crippen LogP contribution in [0.2, 0.25) is 0 Å². The van der Waals surface area contributed by atoms with Gasteiger partial charge in [-0.25, -0.2) is 0 Å². The first-order valence-electron chi connectivity index (χ1n) is 7.92. The number of aromatic nitrogens is 1. The van der Waals surface area contributed by atoms with Crippen LogP contribution in [0.1, 0.15) is 19.4 Å². The second-order valence-electron chi connectivity index (χ2n) is 6.19. The van der Waals surface area contributed by atoms with Crippen LogP contribution in [-0.4, -0.2) is 24.9 Å². The van der Waals surface area contributed by atoms with E-state index in [9.17, 15) is 18.8 Å². The van der Waals surface area contributed by atoms with Gasteiger partial charge in [-0.15, -0.1) is 0 Å². The van der Waals surface area contributed by atoms with Crippen molar-refractivity contribution in [3.8, 4) is 11.5 Å². The van der Waals surface area contributed by atoms with Gasteiger partial charge in [0.15, 0.2) is 0 Å². The summed E-state index contributed by atoms with van der Waals surface area (Å²) in [5, 5.41) is 0.633. The number of ether oxygens (including phenoxy) is 2. The number of pyridine rings is 1. The van der Waals surface area contributed by atoms with Gasteiger partial charge < -0.3 is 14.0 Å². The van der Waals surface area contributed by atoms with Gasteiger partial charge in [-0.05, 0) is 18.1 Å². The summed E-state index contributed by atoms with van der Waals surface area (Å²) in [6.45, 7) is 3.40. The summed E-state index contributed by atoms with van der Waals surface area (Å²) >= 11 is 0. The van der Waals surface area contributed by atoms with Gasteiger partial charge in [-0.3, -0.25) is 4.79 Å². The van der Waals surface area contributed by atoms with E-state index in [1.54, 1.807) is 39.1 Å². The summed E-state index contributed by atoms with van der Waals surface area (Å²) < 4.78 is 49.8. The van der Waals surface area contributed by atoms with E-state index < -0.39 is 16.3 Å². The highest BCUT2D eigenvalue weighted by Gasteiger charge is 2.34. The minimum Gasteiger partial charge on any atom is -0.496 e. The van der Waals surface area contributed by atoms with E-state index in [0.29, 0.717) is 22.4 Å². The molecule has 0 aliphatic carbocycles. The lowest BCUT2D eigenvalue weighted by molar-refractivity contribution is -1.92. The highest BCUT2D eigenvalue weighted by Crippen LogP contribution is 2.33. The smallest absolute Gasteiger partial charge is 0.257 e. The molecule has 8 nitrogen and oxygen atoms in total. The summed E-state index contributed by atoms with van der Waals surface area (Å²) in [6.07, 6.45) is -1.08. The maximum Gasteiger partial charge on any atom is 0.257 e. The zero-order valence-corrected chi connectivity index (χ0v) is 16.0. The average Bonchev–Trinajstić information content (AvgIpc) is 2.56. The van der Waals surface area contributed by atoms with Crippen molar-refractivity contribution in [2.45, 2.75) is 26.4 Å². The molecule has 26 heavy (non-hydrogen) atoms. The molecular formula is C17H22ClNO7. The molecule has 0 fully saturated rings. The van der Waals surface area contributed by atoms with Crippen LogP contribution in [0.15, 0.2) is 23.0 Å². The van der Waals surface area contributed by atoms with Crippen molar-refractivity contribution in [2.75, 3.05) is 14.2 Å². The molecule has 0 unspecified atom stereocenters. The number of methoxy groups -OCH3 is 2. The van der Waals surface area contributed by atoms with Gasteiger partial charge in [-0.1, -0.05) is 19.9 Å². The number of aryl methyl sites for hydroxylation is 1. The zero-order valence-electron chi connectivity index (χ0n) is 15.3. The van der Waals surface area contributed by atoms with Crippen molar-refractivity contribution < 1.29 is 38.0 Å². The molecule has 0 saturated carbocycles. The molecule has 1 heterocycles. The number of halogens is 1. The maximum atomic E-state index is 12.9. The van der Waals surface area contributed by atoms with Crippen LogP contribution in [0.5, 0.6) is 11.5 Å². The Morgan fingerprint density at radius 3 is 2.31 bits per heavy atom. The first-order valence-corrected chi connectivity index (χ1v) is 9.15. The predicted molar refractivity (Wildman–Crippen MR) is 85.7 cm³/mol. The zero-order chi connectivity index (χ0) is 19.6. The molecule has 2 rings (SSSR count). The van der Waals surface area contributed by atoms with Gasteiger partial charge in [-0.2, -0.15) is 14.0 Å². The largest absolute Gasteiger partial charge is 0.496 e. The van der Waals surface area contributed by atoms with Gasteiger partial charge in [0.1, 0.15) is 11.5 Å². The predicted octanol–water partition coefficient (Wildman–Crippen LogP) is -0.963. The first-order chi connectivity index (χ1) is 12.1. The lowest BCUT2D eigenvalue weighted by Crippen LogP contribution is -2.63. The lowest BCUT2D eigenvalue weighted by atomic mass is 9.98. The number of hydrogen-bond donors (Lipinski definition) is 0. The van der Waals surface area contributed by atoms with Crippen molar-refractivity contribution in [2.24, 2.45) is 13.0 Å². The minimum atomic E-state index is -4.61. The van der Waals surface area contributed by atoms with E-state index in [0.717, 1.165) is 0 Å². The van der Waals surface area contributed by atoms with E-state index in [1.165, 1.54) is 18.8 Å². The Hall–Kier alpha value is -1.84. The standard InChI is InChI=1S/C17H22ClNO7/c1-10(2)14(26-18(21,22)23)9-12-16(25-5)11-7-6-8-13(24-4)15(11)19(3)17(12)20/h6-8,10,14H,9H2,1-5H3/t14-/m1/s1. The van der Waals surface area contributed by atoms with Gasteiger partial charge in [0.05, 0.1) is 39.8 Å². The number of nitrogens with zero attached hydrogens (tertiary/aromatic N) is 1. The molecule has 0 N–H and O–H groups in total. The maximum absolute atomic E-state index is 12.9. The minimum absolute atomic E-state index is 0.0882. The van der Waals surface area contributed by atoms with E-state index in [2.05, 4.69) is 4.29 Å². The third-order valence-electron chi connectivity index (χ3n) is 4.21. The number of fused-ring (bicyclic) bond motifs is 1. The highest BCUT2D eigenvalue weighted by molar-refractivity contribution is 5.91. The van der Waals surface area contributed by atoms with Crippen LogP contribution in [0, 0.1) is 16.2 Å². The quantitative estimate of drug-likeness (QED) is 0.600. The summed E-state index contributed by atoms with van der Waals surface area (Å²) in [4.78, 5) is 12.9. The molecule has 0 bridgehead atoms. The third-order valence-corrected chi connectivity index (χ3v) is 4.66. The van der Waals surface area contributed by atoms with Crippen LogP contribution >= 0.6 is 0 Å². The van der Waals surface area contributed by atoms with Crippen LogP contribution in [0.3, 0.4) is 0 Å². The van der Waals surface area contributed by atoms with E-state index in [-0.39, 0.29) is 23.5 Å². The second kappa shape index (κ2) is 7.81. The van der Waals surface area contributed by atoms with Gasteiger partial charge in [0, 0.05) is 18.9 Å². The topological polar surface area (TPSA) is 119 Å². The monoisotopic (exact) mass is 387 g/mol. The van der Waals surface area contributed by atoms with Crippen LogP contribution in [-0.2, 0) is 17.8 Å². The molecule has 0 aliphatic rings. The van der Waals surface area contributed by atoms with Gasteiger partial charge in [0.2, 0.25) is 6.10 Å². The molecule has 1 aromatic heterocycles. The van der Waals surface area contributed by atoms with Crippen molar-refractivity contribution >= 4 is 10.9 Å². The van der Waals surface area contributed by atoms with E-state index in [1.807, 2.05) is 0 Å². The molecule has 1 aromatic carbocycles. The molecule has 0 spiro atoms. The Morgan fingerprint density at radius 1 is 1.15 bits per heavy atom. The number of rotatable bonds is 7. The molecule has 144 valence electrons. The number of para-hydroxylation sites is 1. The molecule has 1 atom stereocenters. The molecule has 9 heteroatoms. The number of benzene rings is 1. The highest BCUT2D eigenvalue weighted by atomic mass is 35.7. The molecule has 0 radical (unpaired) electrons. The molecule has 0 aliphatic heterocycles. The van der Waals surface area contributed by atoms with Crippen LogP contribution < -0.4 is 29.0 Å². The Balaban J connectivity index is 2.67. The van der Waals surface area contributed by atoms with Crippen LogP contribution in [0.25, 0.3) is 10.9 Å². The fourth-order valence-electron chi connectivity index (χ4n) is 2.90. The fourth-order valence-corrected chi connectivity index (χ4v) is 3.45. The van der Waals surface area contributed by atoms with Gasteiger partial charge >= 0.3 is 0 Å². The Kier molecular flexibility index (Phi) is 6.15. The van der Waals surface area contributed by atoms with Crippen LogP contribution in [0.4, 0.5) is 0 Å². The summed E-state index contributed by atoms with van der Waals surface area (Å²) in [6, 6.07) is 5.26. The SMILES string of the molecule is COc1c(C[C@@H](O[Cl+3]([O-])([O-])[O-])C(C)C)c(=O)n(C)c2c(OC)cccc12. The Bertz CT molecular complexity index is 842. The molecule has 2 aromatic rings. The molecule has 0 amide bonds. The Morgan fingerprint density at radius 2 is 1.81 bits per heavy atom. The van der Waals surface area contributed by atoms with E-state index >= 15 is 0 Å². The average molecular weight is 388 g/mol. The lowest BCUT2D eigenvalue weighted by Gasteiger charge is -2.22. The van der Waals surface area contributed by atoms with Gasteiger partial charge in [0.25, 0.3) is 5.56 Å². The number of hydrogen-bond acceptors (Lipinski definition) is 7. The summed E-state index contributed by atoms with van der Waals surface area (Å²) in [7, 11) is -0.105. The molecule has 0 saturated heterocycles. The van der Waals surface area contributed by atoms with Crippen molar-refractivity contribution in [3.63, 3.8) is 0 Å². The third kappa shape index (κ3) is 4.11. The first kappa shape index (κ1) is 20.5. The second-order valence-corrected chi connectivity index (χ2v) is 7.12. The van der Waals surface area contributed by atoms with Crippen molar-refractivity contribution in [3.05, 3.63) is 34.1 Å². The molecular weight excluding hydrogens is 366 g/mol. The van der Waals surface area contributed by atoms with E-state index in [4.69, 9.17) is 9.47 Å².